The molecule has 1 unspecified atom stereocenters. The zero-order valence-corrected chi connectivity index (χ0v) is 70.7. The SMILES string of the molecule is CC(=O)N[C@H]1[C@H](O[C@H](C(O)CO[C@@H]2O[C@@H](C)[C@@H](O)[C@@H](O)[C@@H]2O)[C@H](O)[C@@H](CNc2ccccc2C(N)=O)NC(C)=O)O[C@H](CO)[C@@H](O[C@@H]2O[C@H](CO[C@H]3O[C@H](CO)[C@@H](O)[C@H](O)[C@@H]3O[C@@H]3O[C@H](CO)[C@@H](O[C@@H]4O[C@H](CO)[C@H](O)[C@H](O)[C@H]4O)[C@H](O)[C@H]3NC(C)=O)[C@@H](O)[C@H](O[C@H]3O[C@H](CO)[C@@H](O)[C@H](O)[C@@H]3O[C@@H]3O[C@H](CO)[C@@H](O[C@@H]4O[C@H](CO)[C@H](O)[C@H](O)[C@H]4O)[C@H](O)[C@H]3NC(C)=O)[C@@H]2O)[C@@H]1O. The van der Waals surface area contributed by atoms with Gasteiger partial charge in [-0.05, 0) is 19.1 Å². The Balaban J connectivity index is 1.00. The summed E-state index contributed by atoms with van der Waals surface area (Å²) in [5.41, 5.74) is 5.58. The van der Waals surface area contributed by atoms with Crippen LogP contribution in [0, 0.1) is 0 Å². The number of hydrogen-bond acceptors (Lipinski definition) is 51. The van der Waals surface area contributed by atoms with Gasteiger partial charge in [0.2, 0.25) is 23.6 Å². The molecule has 49 atom stereocenters. The first kappa shape index (κ1) is 108. The highest BCUT2D eigenvalue weighted by atomic mass is 16.8. The van der Waals surface area contributed by atoms with Crippen molar-refractivity contribution in [2.45, 2.75) is 335 Å². The molecule has 0 spiro atoms. The Bertz CT molecular complexity index is 3760. The molecule has 56 heteroatoms. The topological polar surface area (TPSA) is 884 Å². The molecule has 10 rings (SSSR count). The molecule has 0 aliphatic carbocycles. The number of para-hydroxylation sites is 1. The van der Waals surface area contributed by atoms with E-state index in [1.807, 2.05) is 0 Å². The van der Waals surface area contributed by atoms with Crippen molar-refractivity contribution in [3.8, 4) is 0 Å². The number of nitrogens with two attached hydrogens (primary N) is 1. The van der Waals surface area contributed by atoms with E-state index in [9.17, 15) is 162 Å². The van der Waals surface area contributed by atoms with Crippen molar-refractivity contribution in [2.75, 3.05) is 71.3 Å². The Labute approximate surface area is 743 Å². The van der Waals surface area contributed by atoms with Gasteiger partial charge in [0.1, 0.15) is 232 Å². The summed E-state index contributed by atoms with van der Waals surface area (Å²) >= 11 is 0. The molecule has 5 amide bonds. The third-order valence-corrected chi connectivity index (χ3v) is 23.6. The summed E-state index contributed by atoms with van der Waals surface area (Å²) in [6, 6.07) is -2.07. The lowest BCUT2D eigenvalue weighted by atomic mass is 9.94. The molecule has 752 valence electrons. The zero-order chi connectivity index (χ0) is 96.5. The number of hydrogen-bond donors (Lipinski definition) is 33. The predicted molar refractivity (Wildman–Crippen MR) is 413 cm³/mol. The number of ether oxygens (including phenoxy) is 18. The minimum atomic E-state index is -2.67. The van der Waals surface area contributed by atoms with E-state index in [0.29, 0.717) is 0 Å². The maximum Gasteiger partial charge on any atom is 0.250 e. The van der Waals surface area contributed by atoms with E-state index >= 15 is 0 Å². The van der Waals surface area contributed by atoms with E-state index in [1.165, 1.54) is 31.2 Å². The van der Waals surface area contributed by atoms with Crippen molar-refractivity contribution in [1.29, 1.82) is 0 Å². The lowest BCUT2D eigenvalue weighted by molar-refractivity contribution is -0.398. The molecule has 9 heterocycles. The highest BCUT2D eigenvalue weighted by Gasteiger charge is 2.61. The molecule has 0 aromatic heterocycles. The van der Waals surface area contributed by atoms with Gasteiger partial charge in [-0.3, -0.25) is 24.0 Å². The number of aliphatic hydroxyl groups excluding tert-OH is 27. The standard InChI is InChI=1S/C75H122N6O50/c1-20-40(94)50(104)55(109)70(116-20)114-18-28(93)59(41(95)27(78-21(2)89)10-77-26-9-7-6-8-25(26)66(76)113)125-67-37(79-22(3)90)47(101)62(35(17-88)121-67)128-73-58(112)63(129-75-65(54(108)45(99)32(14-85)120-75)131-69-39(81-24(5)92)49(103)61(34(16-87)123-69)127-72-57(111)52(106)43(97)30(12-83)118-72)46(100)36(124-73)19-115-74-64(53(107)44(98)31(13-84)119-74)130-68-38(80-23(4)91)48(102)60(33(15-86)122-68)126-71-56(110)51(105)42(96)29(11-82)117-71/h6-9,20,27-65,67-75,77,82-88,93-112H,10-19H2,1-5H3,(H2,76,113)(H,78,89)(H,79,90)(H,80,91)(H,81,92)/t20-,27+,28?,29+,30+,31+,32+,33+,34+,35+,36+,37+,38+,39+,40+,41+,42-,43-,44+,45+,46+,47+,48+,49+,50+,51-,52-,53-,54-,55-,56+,57+,58-,59+,60+,61+,62+,63-,64-,65-,67-,68-,69-,70+,71-,72-,73-,74-,75+/m0/s1. The molecule has 1 aromatic carbocycles. The zero-order valence-electron chi connectivity index (χ0n) is 70.7. The van der Waals surface area contributed by atoms with E-state index < -0.39 is 396 Å². The second kappa shape index (κ2) is 47.8. The van der Waals surface area contributed by atoms with Crippen LogP contribution in [0.15, 0.2) is 24.3 Å². The lowest BCUT2D eigenvalue weighted by Gasteiger charge is -2.51. The number of anilines is 1. The van der Waals surface area contributed by atoms with Crippen LogP contribution < -0.4 is 32.3 Å². The van der Waals surface area contributed by atoms with Crippen molar-refractivity contribution >= 4 is 35.2 Å². The number of nitrogens with one attached hydrogen (secondary N) is 5. The van der Waals surface area contributed by atoms with Crippen LogP contribution in [0.2, 0.25) is 0 Å². The number of aliphatic hydroxyl groups is 27. The summed E-state index contributed by atoms with van der Waals surface area (Å²) in [5, 5.41) is 317. The van der Waals surface area contributed by atoms with E-state index in [2.05, 4.69) is 26.6 Å². The van der Waals surface area contributed by atoms with Gasteiger partial charge in [0, 0.05) is 39.9 Å². The molecular formula is C75H122N6O50. The first-order valence-electron chi connectivity index (χ1n) is 41.8. The molecule has 0 bridgehead atoms. The first-order valence-corrected chi connectivity index (χ1v) is 41.8. The second-order valence-corrected chi connectivity index (χ2v) is 32.9. The average Bonchev–Trinajstić information content (AvgIpc) is 0.763. The molecule has 9 fully saturated rings. The number of primary amides is 1. The summed E-state index contributed by atoms with van der Waals surface area (Å²) in [4.78, 5) is 65.0. The molecule has 56 nitrogen and oxygen atoms in total. The smallest absolute Gasteiger partial charge is 0.250 e. The van der Waals surface area contributed by atoms with E-state index in [0.717, 1.165) is 27.7 Å². The lowest BCUT2D eigenvalue weighted by Crippen LogP contribution is -2.70. The third kappa shape index (κ3) is 24.8. The maximum absolute atomic E-state index is 13.5. The van der Waals surface area contributed by atoms with Gasteiger partial charge >= 0.3 is 0 Å². The average molecular weight is 1910 g/mol. The van der Waals surface area contributed by atoms with Gasteiger partial charge in [0.15, 0.2) is 56.6 Å². The molecule has 9 aliphatic rings. The fraction of sp³-hybridized carbons (Fsp3) is 0.853. The van der Waals surface area contributed by atoms with Gasteiger partial charge in [0.05, 0.1) is 77.2 Å². The summed E-state index contributed by atoms with van der Waals surface area (Å²) in [6.07, 6.45) is -95.6. The van der Waals surface area contributed by atoms with Gasteiger partial charge in [-0.25, -0.2) is 0 Å². The Morgan fingerprint density at radius 2 is 0.718 bits per heavy atom. The van der Waals surface area contributed by atoms with Crippen molar-refractivity contribution in [3.63, 3.8) is 0 Å². The quantitative estimate of drug-likeness (QED) is 0.0292. The number of amides is 5. The van der Waals surface area contributed by atoms with Crippen molar-refractivity contribution in [1.82, 2.24) is 21.3 Å². The summed E-state index contributed by atoms with van der Waals surface area (Å²) in [7, 11) is 0. The van der Waals surface area contributed by atoms with Crippen LogP contribution in [0.3, 0.4) is 0 Å². The Morgan fingerprint density at radius 1 is 0.359 bits per heavy atom. The normalized spacial score (nSPS) is 44.5. The van der Waals surface area contributed by atoms with Crippen LogP contribution in [0.5, 0.6) is 0 Å². The van der Waals surface area contributed by atoms with Crippen LogP contribution in [0.25, 0.3) is 0 Å². The number of carbonyl (C=O) groups excluding carboxylic acids is 5. The van der Waals surface area contributed by atoms with Crippen molar-refractivity contribution in [2.24, 2.45) is 5.73 Å². The Kier molecular flexibility index (Phi) is 39.2. The summed E-state index contributed by atoms with van der Waals surface area (Å²) in [5.74, 6) is -4.77. The molecule has 0 radical (unpaired) electrons. The highest BCUT2D eigenvalue weighted by Crippen LogP contribution is 2.40. The number of carbonyl (C=O) groups is 5. The Hall–Kier alpha value is -5.43. The molecule has 34 N–H and O–H groups in total. The van der Waals surface area contributed by atoms with E-state index in [-0.39, 0.29) is 11.3 Å². The molecular weight excluding hydrogens is 1780 g/mol. The minimum Gasteiger partial charge on any atom is -0.394 e. The molecule has 0 saturated carbocycles. The number of rotatable bonds is 38. The van der Waals surface area contributed by atoms with Gasteiger partial charge in [-0.15, -0.1) is 0 Å². The van der Waals surface area contributed by atoms with Crippen LogP contribution >= 0.6 is 0 Å². The highest BCUT2D eigenvalue weighted by molar-refractivity contribution is 5.98. The second-order valence-electron chi connectivity index (χ2n) is 32.9. The van der Waals surface area contributed by atoms with Gasteiger partial charge in [-0.1, -0.05) is 12.1 Å². The van der Waals surface area contributed by atoms with Gasteiger partial charge in [0.25, 0.3) is 5.91 Å². The van der Waals surface area contributed by atoms with Crippen molar-refractivity contribution < 1.29 is 247 Å². The van der Waals surface area contributed by atoms with Crippen LogP contribution in [0.1, 0.15) is 45.0 Å². The first-order chi connectivity index (χ1) is 62.0. The summed E-state index contributed by atoms with van der Waals surface area (Å²) < 4.78 is 107. The monoisotopic (exact) mass is 1910 g/mol. The van der Waals surface area contributed by atoms with Crippen molar-refractivity contribution in [3.05, 3.63) is 29.8 Å². The van der Waals surface area contributed by atoms with Gasteiger partial charge < -0.3 is 255 Å². The number of benzene rings is 1. The fourth-order valence-corrected chi connectivity index (χ4v) is 16.5. The summed E-state index contributed by atoms with van der Waals surface area (Å²) in [6.45, 7) is -5.86. The fourth-order valence-electron chi connectivity index (χ4n) is 16.5. The van der Waals surface area contributed by atoms with Crippen LogP contribution in [0.4, 0.5) is 5.69 Å². The third-order valence-electron chi connectivity index (χ3n) is 23.6. The van der Waals surface area contributed by atoms with Crippen LogP contribution in [-0.4, -0.2) is 534 Å². The Morgan fingerprint density at radius 3 is 1.15 bits per heavy atom. The predicted octanol–water partition coefficient (Wildman–Crippen LogP) is -20.3. The molecule has 131 heavy (non-hydrogen) atoms. The van der Waals surface area contributed by atoms with E-state index in [1.54, 1.807) is 0 Å². The molecule has 9 aliphatic heterocycles. The molecule has 9 saturated heterocycles. The van der Waals surface area contributed by atoms with Crippen LogP contribution in [-0.2, 0) is 104 Å². The minimum absolute atomic E-state index is 0.0457. The van der Waals surface area contributed by atoms with Gasteiger partial charge in [-0.2, -0.15) is 0 Å². The van der Waals surface area contributed by atoms with E-state index in [4.69, 9.17) is 91.0 Å². The maximum atomic E-state index is 13.5. The largest absolute Gasteiger partial charge is 0.394 e. The molecule has 1 aromatic rings.